The van der Waals surface area contributed by atoms with E-state index in [0.29, 0.717) is 12.1 Å². The van der Waals surface area contributed by atoms with Crippen LogP contribution in [0, 0.1) is 12.7 Å². The van der Waals surface area contributed by atoms with Crippen LogP contribution in [0.25, 0.3) is 11.1 Å². The Hall–Kier alpha value is -1.68. The van der Waals surface area contributed by atoms with Gasteiger partial charge in [-0.05, 0) is 19.1 Å². The quantitative estimate of drug-likeness (QED) is 0.859. The average Bonchev–Trinajstić information content (AvgIpc) is 2.71. The summed E-state index contributed by atoms with van der Waals surface area (Å²) in [6.45, 7) is 2.37. The Kier molecular flexibility index (Phi) is 3.01. The predicted molar refractivity (Wildman–Crippen MR) is 59.4 cm³/mol. The molecule has 0 saturated heterocycles. The van der Waals surface area contributed by atoms with Crippen LogP contribution in [0.2, 0.25) is 0 Å². The van der Waals surface area contributed by atoms with E-state index in [0.717, 1.165) is 11.1 Å². The van der Waals surface area contributed by atoms with E-state index in [4.69, 9.17) is 5.11 Å². The molecule has 1 aromatic carbocycles. The zero-order chi connectivity index (χ0) is 11.5. The number of rotatable bonds is 3. The lowest BCUT2D eigenvalue weighted by atomic mass is 10.1. The largest absolute Gasteiger partial charge is 0.394 e. The fourth-order valence-electron chi connectivity index (χ4n) is 1.59. The normalized spacial score (nSPS) is 10.7. The second kappa shape index (κ2) is 4.45. The second-order valence-electron chi connectivity index (χ2n) is 3.70. The van der Waals surface area contributed by atoms with Crippen molar-refractivity contribution in [1.82, 2.24) is 9.78 Å². The third kappa shape index (κ3) is 2.12. The number of hydrogen-bond donors (Lipinski definition) is 1. The van der Waals surface area contributed by atoms with Gasteiger partial charge >= 0.3 is 0 Å². The first kappa shape index (κ1) is 10.8. The number of aromatic nitrogens is 2. The van der Waals surface area contributed by atoms with Gasteiger partial charge in [-0.15, -0.1) is 0 Å². The van der Waals surface area contributed by atoms with Crippen LogP contribution in [0.3, 0.4) is 0 Å². The van der Waals surface area contributed by atoms with Crippen LogP contribution < -0.4 is 0 Å². The first-order valence-corrected chi connectivity index (χ1v) is 5.10. The molecule has 3 nitrogen and oxygen atoms in total. The van der Waals surface area contributed by atoms with Gasteiger partial charge in [0.05, 0.1) is 19.3 Å². The molecule has 0 bridgehead atoms. The molecule has 16 heavy (non-hydrogen) atoms. The van der Waals surface area contributed by atoms with Crippen molar-refractivity contribution >= 4 is 0 Å². The number of nitrogens with zero attached hydrogens (tertiary/aromatic N) is 2. The number of aliphatic hydroxyl groups excluding tert-OH is 1. The van der Waals surface area contributed by atoms with Gasteiger partial charge in [-0.25, -0.2) is 4.39 Å². The fourth-order valence-corrected chi connectivity index (χ4v) is 1.59. The van der Waals surface area contributed by atoms with Gasteiger partial charge in [0.2, 0.25) is 0 Å². The van der Waals surface area contributed by atoms with Gasteiger partial charge in [0.25, 0.3) is 0 Å². The highest BCUT2D eigenvalue weighted by molar-refractivity contribution is 5.63. The molecule has 0 spiro atoms. The molecule has 2 aromatic rings. The highest BCUT2D eigenvalue weighted by Crippen LogP contribution is 2.23. The Bertz CT molecular complexity index is 494. The van der Waals surface area contributed by atoms with E-state index in [2.05, 4.69) is 5.10 Å². The highest BCUT2D eigenvalue weighted by atomic mass is 19.1. The zero-order valence-electron chi connectivity index (χ0n) is 9.02. The van der Waals surface area contributed by atoms with Crippen LogP contribution in [0.5, 0.6) is 0 Å². The topological polar surface area (TPSA) is 38.0 Å². The van der Waals surface area contributed by atoms with E-state index in [-0.39, 0.29) is 12.4 Å². The Balaban J connectivity index is 2.38. The lowest BCUT2D eigenvalue weighted by Crippen LogP contribution is -2.01. The van der Waals surface area contributed by atoms with Gasteiger partial charge in [-0.3, -0.25) is 4.68 Å². The van der Waals surface area contributed by atoms with E-state index in [1.165, 1.54) is 6.07 Å². The molecule has 4 heteroatoms. The summed E-state index contributed by atoms with van der Waals surface area (Å²) in [4.78, 5) is 0. The Morgan fingerprint density at radius 2 is 2.25 bits per heavy atom. The third-order valence-corrected chi connectivity index (χ3v) is 2.40. The van der Waals surface area contributed by atoms with Crippen molar-refractivity contribution in [3.63, 3.8) is 0 Å². The van der Waals surface area contributed by atoms with Crippen molar-refractivity contribution in [1.29, 1.82) is 0 Å². The first-order chi connectivity index (χ1) is 7.70. The minimum absolute atomic E-state index is 0.0252. The summed E-state index contributed by atoms with van der Waals surface area (Å²) >= 11 is 0. The molecule has 1 N–H and O–H groups in total. The van der Waals surface area contributed by atoms with Crippen LogP contribution in [0.4, 0.5) is 4.39 Å². The standard InChI is InChI=1S/C12H13FN2O/c1-9-2-3-12(13)11(6-9)10-7-14-15(8-10)4-5-16/h2-3,6-8,16H,4-5H2,1H3. The van der Waals surface area contributed by atoms with Gasteiger partial charge < -0.3 is 5.11 Å². The number of benzene rings is 1. The maximum Gasteiger partial charge on any atom is 0.131 e. The molecule has 0 saturated carbocycles. The highest BCUT2D eigenvalue weighted by Gasteiger charge is 2.07. The number of aryl methyl sites for hydroxylation is 1. The van der Waals surface area contributed by atoms with E-state index in [1.54, 1.807) is 29.2 Å². The first-order valence-electron chi connectivity index (χ1n) is 5.10. The zero-order valence-corrected chi connectivity index (χ0v) is 9.02. The lowest BCUT2D eigenvalue weighted by Gasteiger charge is -2.01. The molecule has 2 rings (SSSR count). The van der Waals surface area contributed by atoms with Crippen molar-refractivity contribution in [2.24, 2.45) is 0 Å². The molecule has 1 heterocycles. The molecule has 0 atom stereocenters. The number of halogens is 1. The third-order valence-electron chi connectivity index (χ3n) is 2.40. The smallest absolute Gasteiger partial charge is 0.131 e. The van der Waals surface area contributed by atoms with Crippen molar-refractivity contribution in [2.45, 2.75) is 13.5 Å². The van der Waals surface area contributed by atoms with Crippen LogP contribution in [-0.2, 0) is 6.54 Å². The second-order valence-corrected chi connectivity index (χ2v) is 3.70. The number of aliphatic hydroxyl groups is 1. The minimum Gasteiger partial charge on any atom is -0.394 e. The maximum atomic E-state index is 13.6. The minimum atomic E-state index is -0.255. The summed E-state index contributed by atoms with van der Waals surface area (Å²) in [5, 5.41) is 12.8. The molecule has 0 radical (unpaired) electrons. The monoisotopic (exact) mass is 220 g/mol. The Morgan fingerprint density at radius 3 is 3.00 bits per heavy atom. The molecule has 0 amide bonds. The molecule has 1 aromatic heterocycles. The van der Waals surface area contributed by atoms with Gasteiger partial charge in [0, 0.05) is 17.3 Å². The molecule has 0 unspecified atom stereocenters. The van der Waals surface area contributed by atoms with Crippen LogP contribution in [0.1, 0.15) is 5.56 Å². The average molecular weight is 220 g/mol. The van der Waals surface area contributed by atoms with Crippen LogP contribution in [0.15, 0.2) is 30.6 Å². The van der Waals surface area contributed by atoms with Gasteiger partial charge in [-0.2, -0.15) is 5.10 Å². The van der Waals surface area contributed by atoms with Gasteiger partial charge in [0.1, 0.15) is 5.82 Å². The lowest BCUT2D eigenvalue weighted by molar-refractivity contribution is 0.269. The van der Waals surface area contributed by atoms with E-state index < -0.39 is 0 Å². The maximum absolute atomic E-state index is 13.6. The van der Waals surface area contributed by atoms with Crippen molar-refractivity contribution < 1.29 is 9.50 Å². The SMILES string of the molecule is Cc1ccc(F)c(-c2cnn(CCO)c2)c1. The summed E-state index contributed by atoms with van der Waals surface area (Å²) in [6, 6.07) is 4.97. The molecular weight excluding hydrogens is 207 g/mol. The van der Waals surface area contributed by atoms with Crippen molar-refractivity contribution in [3.05, 3.63) is 42.0 Å². The Morgan fingerprint density at radius 1 is 1.44 bits per heavy atom. The predicted octanol–water partition coefficient (Wildman–Crippen LogP) is 1.99. The van der Waals surface area contributed by atoms with E-state index >= 15 is 0 Å². The molecule has 0 aliphatic heterocycles. The number of hydrogen-bond acceptors (Lipinski definition) is 2. The summed E-state index contributed by atoms with van der Waals surface area (Å²) in [5.41, 5.74) is 2.28. The molecule has 0 aliphatic rings. The summed E-state index contributed by atoms with van der Waals surface area (Å²) in [6.07, 6.45) is 3.33. The Labute approximate surface area is 93.2 Å². The summed E-state index contributed by atoms with van der Waals surface area (Å²) in [7, 11) is 0. The summed E-state index contributed by atoms with van der Waals surface area (Å²) < 4.78 is 15.2. The summed E-state index contributed by atoms with van der Waals surface area (Å²) in [5.74, 6) is -0.255. The van der Waals surface area contributed by atoms with E-state index in [1.807, 2.05) is 6.92 Å². The molecule has 0 aliphatic carbocycles. The fraction of sp³-hybridized carbons (Fsp3) is 0.250. The van der Waals surface area contributed by atoms with Crippen molar-refractivity contribution in [3.8, 4) is 11.1 Å². The van der Waals surface area contributed by atoms with Gasteiger partial charge in [-0.1, -0.05) is 11.6 Å². The molecule has 0 fully saturated rings. The molecule has 84 valence electrons. The van der Waals surface area contributed by atoms with Crippen molar-refractivity contribution in [2.75, 3.05) is 6.61 Å². The van der Waals surface area contributed by atoms with Crippen LogP contribution >= 0.6 is 0 Å². The molecular formula is C12H13FN2O. The van der Waals surface area contributed by atoms with Crippen LogP contribution in [-0.4, -0.2) is 21.5 Å². The van der Waals surface area contributed by atoms with E-state index in [9.17, 15) is 4.39 Å². The van der Waals surface area contributed by atoms with Gasteiger partial charge in [0.15, 0.2) is 0 Å².